The zero-order chi connectivity index (χ0) is 20.3. The summed E-state index contributed by atoms with van der Waals surface area (Å²) in [5.74, 6) is 1.74. The number of methoxy groups -OCH3 is 1. The van der Waals surface area contributed by atoms with Gasteiger partial charge in [0.2, 0.25) is 5.91 Å². The molecule has 1 N–H and O–H groups in total. The summed E-state index contributed by atoms with van der Waals surface area (Å²) in [6, 6.07) is 5.47. The summed E-state index contributed by atoms with van der Waals surface area (Å²) in [5.41, 5.74) is 0.960. The fourth-order valence-corrected chi connectivity index (χ4v) is 3.96. The second-order valence-corrected chi connectivity index (χ2v) is 7.26. The maximum Gasteiger partial charge on any atom is 0.279 e. The van der Waals surface area contributed by atoms with E-state index in [4.69, 9.17) is 9.47 Å². The van der Waals surface area contributed by atoms with Crippen molar-refractivity contribution >= 4 is 23.5 Å². The highest BCUT2D eigenvalue weighted by atomic mass is 32.2. The molecule has 28 heavy (non-hydrogen) atoms. The first-order chi connectivity index (χ1) is 13.5. The van der Waals surface area contributed by atoms with Crippen LogP contribution in [-0.4, -0.2) is 34.9 Å². The van der Waals surface area contributed by atoms with Crippen LogP contribution in [0.3, 0.4) is 0 Å². The van der Waals surface area contributed by atoms with Gasteiger partial charge in [-0.05, 0) is 24.6 Å². The van der Waals surface area contributed by atoms with Crippen molar-refractivity contribution in [3.8, 4) is 11.5 Å². The first kappa shape index (κ1) is 20.0. The van der Waals surface area contributed by atoms with Crippen molar-refractivity contribution in [1.82, 2.24) is 9.55 Å². The Bertz CT molecular complexity index is 971. The largest absolute Gasteiger partial charge is 0.493 e. The van der Waals surface area contributed by atoms with Crippen LogP contribution in [-0.2, 0) is 11.8 Å². The smallest absolute Gasteiger partial charge is 0.279 e. The van der Waals surface area contributed by atoms with Gasteiger partial charge in [0.25, 0.3) is 5.56 Å². The second kappa shape index (κ2) is 8.52. The quantitative estimate of drug-likeness (QED) is 0.436. The van der Waals surface area contributed by atoms with Crippen LogP contribution in [0.1, 0.15) is 30.4 Å². The molecule has 3 rings (SSSR count). The van der Waals surface area contributed by atoms with Gasteiger partial charge in [-0.2, -0.15) is 4.98 Å². The van der Waals surface area contributed by atoms with Gasteiger partial charge < -0.3 is 19.4 Å². The van der Waals surface area contributed by atoms with E-state index < -0.39 is 5.92 Å². The first-order valence-corrected chi connectivity index (χ1v) is 9.93. The Balaban J connectivity index is 2.12. The van der Waals surface area contributed by atoms with Gasteiger partial charge in [0, 0.05) is 25.1 Å². The van der Waals surface area contributed by atoms with Crippen LogP contribution in [0.15, 0.2) is 40.8 Å². The molecule has 2 aromatic rings. The van der Waals surface area contributed by atoms with Crippen LogP contribution in [0.2, 0.25) is 0 Å². The molecular weight excluding hydrogens is 378 g/mol. The minimum Gasteiger partial charge on any atom is -0.493 e. The van der Waals surface area contributed by atoms with Gasteiger partial charge in [0.05, 0.1) is 19.3 Å². The van der Waals surface area contributed by atoms with Gasteiger partial charge in [0.1, 0.15) is 5.82 Å². The van der Waals surface area contributed by atoms with Crippen molar-refractivity contribution in [2.75, 3.05) is 24.8 Å². The van der Waals surface area contributed by atoms with Crippen LogP contribution >= 0.6 is 11.8 Å². The minimum atomic E-state index is -0.404. The summed E-state index contributed by atoms with van der Waals surface area (Å²) in [6.45, 7) is 6.06. The monoisotopic (exact) mass is 401 g/mol. The van der Waals surface area contributed by atoms with Gasteiger partial charge in [-0.1, -0.05) is 23.9 Å². The Kier molecular flexibility index (Phi) is 6.08. The number of anilines is 1. The molecule has 148 valence electrons. The molecule has 0 bridgehead atoms. The average Bonchev–Trinajstić information content (AvgIpc) is 2.69. The highest BCUT2D eigenvalue weighted by Crippen LogP contribution is 2.39. The Hall–Kier alpha value is -2.74. The lowest BCUT2D eigenvalue weighted by Crippen LogP contribution is -2.33. The lowest BCUT2D eigenvalue weighted by atomic mass is 9.86. The number of benzene rings is 1. The normalized spacial score (nSPS) is 15.5. The summed E-state index contributed by atoms with van der Waals surface area (Å²) in [4.78, 5) is 29.5. The SMILES string of the molecule is C=CCSc1nc(=O)c2c(n1C)NC(=O)C[C@H]2c1ccc(OC)c(OCC)c1. The summed E-state index contributed by atoms with van der Waals surface area (Å²) >= 11 is 1.39. The molecule has 0 unspecified atom stereocenters. The molecule has 1 aliphatic rings. The molecule has 1 aromatic carbocycles. The number of amides is 1. The summed E-state index contributed by atoms with van der Waals surface area (Å²) < 4.78 is 12.7. The molecule has 7 nitrogen and oxygen atoms in total. The topological polar surface area (TPSA) is 82.5 Å². The predicted molar refractivity (Wildman–Crippen MR) is 110 cm³/mol. The molecule has 1 amide bonds. The number of carbonyl (C=O) groups excluding carboxylic acids is 1. The molecule has 0 radical (unpaired) electrons. The lowest BCUT2D eigenvalue weighted by Gasteiger charge is -2.27. The number of ether oxygens (including phenoxy) is 2. The van der Waals surface area contributed by atoms with Gasteiger partial charge in [-0.15, -0.1) is 6.58 Å². The third kappa shape index (κ3) is 3.77. The van der Waals surface area contributed by atoms with E-state index in [0.29, 0.717) is 40.4 Å². The molecule has 0 fully saturated rings. The fourth-order valence-electron chi connectivity index (χ4n) is 3.26. The Labute approximate surface area is 167 Å². The number of nitrogens with one attached hydrogen (secondary N) is 1. The van der Waals surface area contributed by atoms with Crippen molar-refractivity contribution < 1.29 is 14.3 Å². The molecule has 1 atom stereocenters. The Morgan fingerprint density at radius 3 is 2.86 bits per heavy atom. The van der Waals surface area contributed by atoms with E-state index in [2.05, 4.69) is 16.9 Å². The fraction of sp³-hybridized carbons (Fsp3) is 0.350. The van der Waals surface area contributed by atoms with Crippen molar-refractivity contribution in [2.24, 2.45) is 7.05 Å². The molecular formula is C20H23N3O4S. The summed E-state index contributed by atoms with van der Waals surface area (Å²) in [5, 5.41) is 3.37. The first-order valence-electron chi connectivity index (χ1n) is 8.95. The zero-order valence-electron chi connectivity index (χ0n) is 16.2. The average molecular weight is 401 g/mol. The second-order valence-electron chi connectivity index (χ2n) is 6.27. The van der Waals surface area contributed by atoms with Crippen LogP contribution in [0, 0.1) is 0 Å². The summed E-state index contributed by atoms with van der Waals surface area (Å²) in [6.07, 6.45) is 1.91. The molecule has 0 aliphatic carbocycles. The van der Waals surface area contributed by atoms with E-state index in [1.165, 1.54) is 11.8 Å². The predicted octanol–water partition coefficient (Wildman–Crippen LogP) is 2.94. The van der Waals surface area contributed by atoms with E-state index in [1.807, 2.05) is 19.1 Å². The number of nitrogens with zero attached hydrogens (tertiary/aromatic N) is 2. The number of thioether (sulfide) groups is 1. The molecule has 0 spiro atoms. The highest BCUT2D eigenvalue weighted by Gasteiger charge is 2.32. The molecule has 0 saturated carbocycles. The van der Waals surface area contributed by atoms with Gasteiger partial charge >= 0.3 is 0 Å². The molecule has 0 saturated heterocycles. The van der Waals surface area contributed by atoms with Gasteiger partial charge in [-0.25, -0.2) is 0 Å². The molecule has 1 aliphatic heterocycles. The third-order valence-electron chi connectivity index (χ3n) is 4.52. The van der Waals surface area contributed by atoms with E-state index >= 15 is 0 Å². The van der Waals surface area contributed by atoms with Crippen molar-refractivity contribution in [2.45, 2.75) is 24.4 Å². The van der Waals surface area contributed by atoms with Crippen LogP contribution in [0.4, 0.5) is 5.82 Å². The third-order valence-corrected chi connectivity index (χ3v) is 5.55. The number of hydrogen-bond donors (Lipinski definition) is 1. The van der Waals surface area contributed by atoms with E-state index in [9.17, 15) is 9.59 Å². The standard InChI is InChI=1S/C20H23N3O4S/c1-5-9-28-20-22-19(25)17-13(11-16(24)21-18(17)23(20)3)12-7-8-14(26-4)15(10-12)27-6-2/h5,7-8,10,13H,1,6,9,11H2,2-4H3,(H,21,24)/t13-/m0/s1. The number of rotatable bonds is 7. The van der Waals surface area contributed by atoms with Crippen molar-refractivity contribution in [1.29, 1.82) is 0 Å². The molecule has 1 aromatic heterocycles. The Morgan fingerprint density at radius 2 is 2.18 bits per heavy atom. The molecule has 2 heterocycles. The van der Waals surface area contributed by atoms with E-state index in [1.54, 1.807) is 30.9 Å². The maximum atomic E-state index is 12.9. The van der Waals surface area contributed by atoms with Crippen LogP contribution in [0.5, 0.6) is 11.5 Å². The van der Waals surface area contributed by atoms with Crippen LogP contribution < -0.4 is 20.3 Å². The van der Waals surface area contributed by atoms with Gasteiger partial charge in [0.15, 0.2) is 16.7 Å². The van der Waals surface area contributed by atoms with E-state index in [0.717, 1.165) is 5.56 Å². The lowest BCUT2D eigenvalue weighted by molar-refractivity contribution is -0.116. The van der Waals surface area contributed by atoms with Crippen LogP contribution in [0.25, 0.3) is 0 Å². The maximum absolute atomic E-state index is 12.9. The van der Waals surface area contributed by atoms with E-state index in [-0.39, 0.29) is 17.9 Å². The highest BCUT2D eigenvalue weighted by molar-refractivity contribution is 7.99. The minimum absolute atomic E-state index is 0.146. The number of aromatic nitrogens is 2. The van der Waals surface area contributed by atoms with Gasteiger partial charge in [-0.3, -0.25) is 9.59 Å². The number of hydrogen-bond acceptors (Lipinski definition) is 6. The van der Waals surface area contributed by atoms with Crippen molar-refractivity contribution in [3.05, 3.63) is 52.3 Å². The number of carbonyl (C=O) groups is 1. The Morgan fingerprint density at radius 1 is 1.39 bits per heavy atom. The number of fused-ring (bicyclic) bond motifs is 1. The summed E-state index contributed by atoms with van der Waals surface area (Å²) in [7, 11) is 3.36. The van der Waals surface area contributed by atoms with Crippen molar-refractivity contribution in [3.63, 3.8) is 0 Å². The molecule has 8 heteroatoms. The zero-order valence-corrected chi connectivity index (χ0v) is 17.0.